The fourth-order valence-electron chi connectivity index (χ4n) is 2.54. The molecule has 0 saturated carbocycles. The molecule has 2 aromatic carbocycles. The molecule has 0 N–H and O–H groups in total. The van der Waals surface area contributed by atoms with Crippen LogP contribution in [-0.4, -0.2) is 17.1 Å². The van der Waals surface area contributed by atoms with Crippen LogP contribution in [-0.2, 0) is 11.3 Å². The Labute approximate surface area is 124 Å². The Balaban J connectivity index is 2.24. The Morgan fingerprint density at radius 1 is 0.952 bits per heavy atom. The molecular formula is C18H18N2O. The minimum absolute atomic E-state index is 0.548. The molecular weight excluding hydrogens is 260 g/mol. The van der Waals surface area contributed by atoms with E-state index in [-0.39, 0.29) is 0 Å². The summed E-state index contributed by atoms with van der Waals surface area (Å²) in [6.45, 7) is 4.66. The lowest BCUT2D eigenvalue weighted by atomic mass is 9.98. The highest BCUT2D eigenvalue weighted by molar-refractivity contribution is 5.88. The zero-order valence-corrected chi connectivity index (χ0v) is 12.6. The Morgan fingerprint density at radius 3 is 2.43 bits per heavy atom. The maximum Gasteiger partial charge on any atom is 0.116 e. The largest absolute Gasteiger partial charge is 0.380 e. The van der Waals surface area contributed by atoms with Gasteiger partial charge in [0.15, 0.2) is 0 Å². The first-order valence-corrected chi connectivity index (χ1v) is 6.99. The van der Waals surface area contributed by atoms with E-state index < -0.39 is 0 Å². The fraction of sp³-hybridized carbons (Fsp3) is 0.222. The van der Waals surface area contributed by atoms with E-state index >= 15 is 0 Å². The molecule has 21 heavy (non-hydrogen) atoms. The molecule has 0 unspecified atom stereocenters. The number of aromatic nitrogens is 2. The van der Waals surface area contributed by atoms with Crippen LogP contribution in [0.2, 0.25) is 0 Å². The van der Waals surface area contributed by atoms with Gasteiger partial charge in [-0.15, -0.1) is 0 Å². The number of hydrogen-bond donors (Lipinski definition) is 0. The first kappa shape index (κ1) is 13.7. The molecule has 0 aliphatic heterocycles. The van der Waals surface area contributed by atoms with Crippen LogP contribution < -0.4 is 0 Å². The van der Waals surface area contributed by atoms with Crippen LogP contribution in [0.15, 0.2) is 42.7 Å². The predicted molar refractivity (Wildman–Crippen MR) is 85.2 cm³/mol. The Morgan fingerprint density at radius 2 is 1.71 bits per heavy atom. The number of rotatable bonds is 3. The molecule has 0 fully saturated rings. The van der Waals surface area contributed by atoms with Crippen molar-refractivity contribution in [3.63, 3.8) is 0 Å². The molecule has 3 rings (SSSR count). The Hall–Kier alpha value is -2.26. The van der Waals surface area contributed by atoms with Gasteiger partial charge in [-0.25, -0.2) is 9.97 Å². The molecule has 1 heterocycles. The third-order valence-corrected chi connectivity index (χ3v) is 3.70. The third kappa shape index (κ3) is 2.65. The summed E-state index contributed by atoms with van der Waals surface area (Å²) in [6, 6.07) is 12.9. The smallest absolute Gasteiger partial charge is 0.116 e. The lowest BCUT2D eigenvalue weighted by Crippen LogP contribution is -1.96. The highest BCUT2D eigenvalue weighted by Gasteiger charge is 2.09. The first-order chi connectivity index (χ1) is 10.2. The lowest BCUT2D eigenvalue weighted by molar-refractivity contribution is 0.186. The van der Waals surface area contributed by atoms with Gasteiger partial charge in [-0.1, -0.05) is 29.8 Å². The van der Waals surface area contributed by atoms with Gasteiger partial charge in [-0.2, -0.15) is 0 Å². The quantitative estimate of drug-likeness (QED) is 0.724. The summed E-state index contributed by atoms with van der Waals surface area (Å²) >= 11 is 0. The second-order valence-electron chi connectivity index (χ2n) is 5.29. The van der Waals surface area contributed by atoms with Gasteiger partial charge in [0.1, 0.15) is 6.33 Å². The minimum Gasteiger partial charge on any atom is -0.380 e. The van der Waals surface area contributed by atoms with Gasteiger partial charge in [0.2, 0.25) is 0 Å². The zero-order valence-electron chi connectivity index (χ0n) is 12.6. The van der Waals surface area contributed by atoms with Crippen LogP contribution in [0.4, 0.5) is 0 Å². The average Bonchev–Trinajstić information content (AvgIpc) is 2.49. The van der Waals surface area contributed by atoms with Gasteiger partial charge >= 0.3 is 0 Å². The lowest BCUT2D eigenvalue weighted by Gasteiger charge is -2.11. The van der Waals surface area contributed by atoms with Crippen LogP contribution in [0.1, 0.15) is 16.8 Å². The van der Waals surface area contributed by atoms with E-state index in [0.717, 1.165) is 22.2 Å². The number of hydrogen-bond acceptors (Lipinski definition) is 3. The van der Waals surface area contributed by atoms with Crippen molar-refractivity contribution in [1.29, 1.82) is 0 Å². The van der Waals surface area contributed by atoms with Crippen LogP contribution in [0, 0.1) is 13.8 Å². The summed E-state index contributed by atoms with van der Waals surface area (Å²) in [6.07, 6.45) is 1.61. The van der Waals surface area contributed by atoms with E-state index in [1.807, 2.05) is 6.92 Å². The molecule has 3 nitrogen and oxygen atoms in total. The van der Waals surface area contributed by atoms with Gasteiger partial charge in [-0.3, -0.25) is 0 Å². The number of fused-ring (bicyclic) bond motifs is 1. The minimum atomic E-state index is 0.548. The normalized spacial score (nSPS) is 11.0. The molecule has 0 saturated heterocycles. The van der Waals surface area contributed by atoms with Gasteiger partial charge in [-0.05, 0) is 37.1 Å². The van der Waals surface area contributed by atoms with E-state index in [2.05, 4.69) is 53.3 Å². The summed E-state index contributed by atoms with van der Waals surface area (Å²) in [5, 5.41) is 1.09. The first-order valence-electron chi connectivity index (χ1n) is 6.99. The number of methoxy groups -OCH3 is 1. The number of aryl methyl sites for hydroxylation is 2. The topological polar surface area (TPSA) is 35.0 Å². The van der Waals surface area contributed by atoms with Gasteiger partial charge in [0, 0.05) is 23.8 Å². The molecule has 3 aromatic rings. The van der Waals surface area contributed by atoms with Crippen molar-refractivity contribution >= 4 is 10.9 Å². The zero-order chi connectivity index (χ0) is 14.8. The van der Waals surface area contributed by atoms with Crippen molar-refractivity contribution in [1.82, 2.24) is 9.97 Å². The SMILES string of the molecule is COCc1cc(-c2ccc(C)cc2)cc2c(C)ncnc12. The molecule has 0 spiro atoms. The third-order valence-electron chi connectivity index (χ3n) is 3.70. The van der Waals surface area contributed by atoms with Gasteiger partial charge in [0.25, 0.3) is 0 Å². The highest BCUT2D eigenvalue weighted by atomic mass is 16.5. The van der Waals surface area contributed by atoms with Crippen molar-refractivity contribution in [2.24, 2.45) is 0 Å². The summed E-state index contributed by atoms with van der Waals surface area (Å²) in [5.74, 6) is 0. The van der Waals surface area contributed by atoms with E-state index in [9.17, 15) is 0 Å². The summed E-state index contributed by atoms with van der Waals surface area (Å²) < 4.78 is 5.33. The molecule has 0 atom stereocenters. The van der Waals surface area contributed by atoms with Crippen molar-refractivity contribution in [2.75, 3.05) is 7.11 Å². The van der Waals surface area contributed by atoms with Crippen molar-refractivity contribution in [3.05, 3.63) is 59.5 Å². The Kier molecular flexibility index (Phi) is 3.67. The fourth-order valence-corrected chi connectivity index (χ4v) is 2.54. The van der Waals surface area contributed by atoms with Crippen LogP contribution in [0.3, 0.4) is 0 Å². The number of nitrogens with zero attached hydrogens (tertiary/aromatic N) is 2. The second kappa shape index (κ2) is 5.62. The molecule has 0 amide bonds. The number of ether oxygens (including phenoxy) is 1. The Bertz CT molecular complexity index is 779. The molecule has 0 aliphatic rings. The van der Waals surface area contributed by atoms with E-state index in [0.29, 0.717) is 6.61 Å². The number of benzene rings is 2. The molecule has 106 valence electrons. The molecule has 0 bridgehead atoms. The molecule has 0 aliphatic carbocycles. The van der Waals surface area contributed by atoms with Crippen molar-refractivity contribution in [3.8, 4) is 11.1 Å². The standard InChI is InChI=1S/C18H18N2O/c1-12-4-6-14(7-5-12)15-8-16(10-21-3)18-17(9-15)13(2)19-11-20-18/h4-9,11H,10H2,1-3H3. The van der Waals surface area contributed by atoms with E-state index in [1.54, 1.807) is 13.4 Å². The van der Waals surface area contributed by atoms with Gasteiger partial charge in [0.05, 0.1) is 12.1 Å². The van der Waals surface area contributed by atoms with Gasteiger partial charge < -0.3 is 4.74 Å². The highest BCUT2D eigenvalue weighted by Crippen LogP contribution is 2.28. The van der Waals surface area contributed by atoms with E-state index in [4.69, 9.17) is 4.74 Å². The molecule has 1 aromatic heterocycles. The second-order valence-corrected chi connectivity index (χ2v) is 5.29. The van der Waals surface area contributed by atoms with E-state index in [1.165, 1.54) is 16.7 Å². The summed E-state index contributed by atoms with van der Waals surface area (Å²) in [4.78, 5) is 8.72. The summed E-state index contributed by atoms with van der Waals surface area (Å²) in [5.41, 5.74) is 6.69. The molecule has 3 heteroatoms. The van der Waals surface area contributed by atoms with Crippen LogP contribution >= 0.6 is 0 Å². The van der Waals surface area contributed by atoms with Crippen molar-refractivity contribution < 1.29 is 4.74 Å². The van der Waals surface area contributed by atoms with Crippen molar-refractivity contribution in [2.45, 2.75) is 20.5 Å². The van der Waals surface area contributed by atoms with Crippen LogP contribution in [0.5, 0.6) is 0 Å². The summed E-state index contributed by atoms with van der Waals surface area (Å²) in [7, 11) is 1.71. The molecule has 0 radical (unpaired) electrons. The monoisotopic (exact) mass is 278 g/mol. The maximum atomic E-state index is 5.33. The maximum absolute atomic E-state index is 5.33. The predicted octanol–water partition coefficient (Wildman–Crippen LogP) is 4.06. The average molecular weight is 278 g/mol. The van der Waals surface area contributed by atoms with Crippen LogP contribution in [0.25, 0.3) is 22.0 Å².